The number of hydrogen-bond acceptors (Lipinski definition) is 6. The normalized spacial score (nSPS) is 17.9. The van der Waals surface area contributed by atoms with Crippen LogP contribution in [0.5, 0.6) is 0 Å². The van der Waals surface area contributed by atoms with Gasteiger partial charge in [-0.3, -0.25) is 19.8 Å². The second-order valence-corrected chi connectivity index (χ2v) is 7.68. The van der Waals surface area contributed by atoms with E-state index in [1.165, 1.54) is 12.4 Å². The molecule has 1 aliphatic rings. The standard InChI is InChI=1S/C22H21ClN6O/c1-13-6-7-24-9-17(13)22(30)28-21-12-25-20(11-26-21)16-8-15(4-5-19(16)23)18-10-27-29(3)14(18)2/h4-12,14,18H,1-3H3,(H,26,28,30). The first kappa shape index (κ1) is 20.0. The summed E-state index contributed by atoms with van der Waals surface area (Å²) in [4.78, 5) is 25.2. The van der Waals surface area contributed by atoms with Gasteiger partial charge < -0.3 is 5.32 Å². The number of rotatable bonds is 4. The fourth-order valence-electron chi connectivity index (χ4n) is 3.37. The second kappa shape index (κ2) is 8.20. The molecule has 2 aromatic heterocycles. The van der Waals surface area contributed by atoms with Crippen LogP contribution < -0.4 is 5.32 Å². The van der Waals surface area contributed by atoms with Crippen LogP contribution in [0.1, 0.15) is 34.3 Å². The van der Waals surface area contributed by atoms with Crippen molar-refractivity contribution in [3.05, 3.63) is 70.8 Å². The van der Waals surface area contributed by atoms with E-state index in [1.807, 2.05) is 43.4 Å². The number of benzene rings is 1. The number of carbonyl (C=O) groups excluding carboxylic acids is 1. The highest BCUT2D eigenvalue weighted by Gasteiger charge is 2.26. The summed E-state index contributed by atoms with van der Waals surface area (Å²) in [6.07, 6.45) is 8.25. The zero-order chi connectivity index (χ0) is 21.3. The van der Waals surface area contributed by atoms with Gasteiger partial charge in [0.05, 0.1) is 34.7 Å². The van der Waals surface area contributed by atoms with E-state index in [9.17, 15) is 4.79 Å². The van der Waals surface area contributed by atoms with E-state index in [2.05, 4.69) is 32.3 Å². The summed E-state index contributed by atoms with van der Waals surface area (Å²) in [7, 11) is 1.96. The SMILES string of the molecule is Cc1ccncc1C(=O)Nc1cnc(-c2cc(C3C=NN(C)C3C)ccc2Cl)cn1. The number of amides is 1. The molecule has 0 fully saturated rings. The molecule has 1 N–H and O–H groups in total. The van der Waals surface area contributed by atoms with E-state index in [1.54, 1.807) is 18.5 Å². The molecular formula is C22H21ClN6O. The van der Waals surface area contributed by atoms with E-state index in [-0.39, 0.29) is 17.9 Å². The smallest absolute Gasteiger partial charge is 0.258 e. The Kier molecular flexibility index (Phi) is 5.46. The van der Waals surface area contributed by atoms with Crippen molar-refractivity contribution in [2.45, 2.75) is 25.8 Å². The van der Waals surface area contributed by atoms with Crippen LogP contribution >= 0.6 is 11.6 Å². The van der Waals surface area contributed by atoms with E-state index < -0.39 is 0 Å². The number of nitrogens with one attached hydrogen (secondary N) is 1. The zero-order valence-electron chi connectivity index (χ0n) is 16.9. The molecule has 0 spiro atoms. The lowest BCUT2D eigenvalue weighted by Gasteiger charge is -2.20. The van der Waals surface area contributed by atoms with Gasteiger partial charge in [-0.25, -0.2) is 4.98 Å². The number of hydrogen-bond donors (Lipinski definition) is 1. The molecule has 0 radical (unpaired) electrons. The predicted molar refractivity (Wildman–Crippen MR) is 118 cm³/mol. The highest BCUT2D eigenvalue weighted by atomic mass is 35.5. The molecule has 2 atom stereocenters. The first-order chi connectivity index (χ1) is 14.4. The van der Waals surface area contributed by atoms with Crippen LogP contribution in [-0.2, 0) is 0 Å². The fraction of sp³-hybridized carbons (Fsp3) is 0.227. The summed E-state index contributed by atoms with van der Waals surface area (Å²) in [5.74, 6) is 0.263. The van der Waals surface area contributed by atoms with Crippen LogP contribution in [0.3, 0.4) is 0 Å². The Morgan fingerprint density at radius 1 is 1.17 bits per heavy atom. The van der Waals surface area contributed by atoms with Crippen molar-refractivity contribution in [3.63, 3.8) is 0 Å². The van der Waals surface area contributed by atoms with Crippen molar-refractivity contribution < 1.29 is 4.79 Å². The number of likely N-dealkylation sites (N-methyl/N-ethyl adjacent to an activating group) is 1. The topological polar surface area (TPSA) is 83.4 Å². The lowest BCUT2D eigenvalue weighted by molar-refractivity contribution is 0.102. The van der Waals surface area contributed by atoms with Crippen molar-refractivity contribution in [1.29, 1.82) is 0 Å². The van der Waals surface area contributed by atoms with E-state index in [0.29, 0.717) is 22.1 Å². The minimum Gasteiger partial charge on any atom is -0.305 e. The van der Waals surface area contributed by atoms with Gasteiger partial charge in [-0.1, -0.05) is 17.7 Å². The Morgan fingerprint density at radius 2 is 2.00 bits per heavy atom. The van der Waals surface area contributed by atoms with Gasteiger partial charge in [-0.15, -0.1) is 0 Å². The maximum atomic E-state index is 12.4. The van der Waals surface area contributed by atoms with Gasteiger partial charge in [0.2, 0.25) is 0 Å². The molecule has 1 aromatic carbocycles. The fourth-order valence-corrected chi connectivity index (χ4v) is 3.58. The number of aryl methyl sites for hydroxylation is 1. The Bertz CT molecular complexity index is 1110. The lowest BCUT2D eigenvalue weighted by atomic mass is 9.92. The van der Waals surface area contributed by atoms with E-state index in [0.717, 1.165) is 16.7 Å². The van der Waals surface area contributed by atoms with Crippen LogP contribution in [0.2, 0.25) is 5.02 Å². The molecule has 152 valence electrons. The maximum Gasteiger partial charge on any atom is 0.258 e. The molecule has 4 rings (SSSR count). The Labute approximate surface area is 179 Å². The highest BCUT2D eigenvalue weighted by Crippen LogP contribution is 2.33. The van der Waals surface area contributed by atoms with E-state index in [4.69, 9.17) is 11.6 Å². The third kappa shape index (κ3) is 3.89. The summed E-state index contributed by atoms with van der Waals surface area (Å²) >= 11 is 6.44. The minimum absolute atomic E-state index is 0.181. The molecule has 7 nitrogen and oxygen atoms in total. The summed E-state index contributed by atoms with van der Waals surface area (Å²) in [5.41, 5.74) is 3.87. The number of pyridine rings is 1. The second-order valence-electron chi connectivity index (χ2n) is 7.28. The van der Waals surface area contributed by atoms with Gasteiger partial charge in [0.1, 0.15) is 0 Å². The van der Waals surface area contributed by atoms with Gasteiger partial charge in [0, 0.05) is 37.1 Å². The Balaban J connectivity index is 1.56. The monoisotopic (exact) mass is 420 g/mol. The maximum absolute atomic E-state index is 12.4. The Morgan fingerprint density at radius 3 is 2.67 bits per heavy atom. The van der Waals surface area contributed by atoms with Gasteiger partial charge in [0.25, 0.3) is 5.91 Å². The molecule has 30 heavy (non-hydrogen) atoms. The first-order valence-electron chi connectivity index (χ1n) is 9.55. The molecule has 3 heterocycles. The van der Waals surface area contributed by atoms with E-state index >= 15 is 0 Å². The van der Waals surface area contributed by atoms with Crippen molar-refractivity contribution >= 4 is 29.5 Å². The lowest BCUT2D eigenvalue weighted by Crippen LogP contribution is -2.24. The van der Waals surface area contributed by atoms with Crippen LogP contribution in [-0.4, -0.2) is 45.2 Å². The average Bonchev–Trinajstić information content (AvgIpc) is 3.08. The molecular weight excluding hydrogens is 400 g/mol. The minimum atomic E-state index is -0.277. The summed E-state index contributed by atoms with van der Waals surface area (Å²) < 4.78 is 0. The molecule has 3 aromatic rings. The number of nitrogens with zero attached hydrogens (tertiary/aromatic N) is 5. The van der Waals surface area contributed by atoms with Crippen LogP contribution in [0.4, 0.5) is 5.82 Å². The zero-order valence-corrected chi connectivity index (χ0v) is 17.6. The number of hydrazone groups is 1. The molecule has 0 saturated carbocycles. The molecule has 2 unspecified atom stereocenters. The molecule has 8 heteroatoms. The summed E-state index contributed by atoms with van der Waals surface area (Å²) in [6.45, 7) is 3.99. The van der Waals surface area contributed by atoms with Crippen molar-refractivity contribution in [3.8, 4) is 11.3 Å². The molecule has 0 saturated heterocycles. The van der Waals surface area contributed by atoms with Gasteiger partial charge in [-0.05, 0) is 43.2 Å². The summed E-state index contributed by atoms with van der Waals surface area (Å²) in [5, 5.41) is 9.66. The molecule has 1 amide bonds. The van der Waals surface area contributed by atoms with Crippen molar-refractivity contribution in [2.75, 3.05) is 12.4 Å². The van der Waals surface area contributed by atoms with Gasteiger partial charge in [0.15, 0.2) is 5.82 Å². The molecule has 0 bridgehead atoms. The third-order valence-electron chi connectivity index (χ3n) is 5.35. The van der Waals surface area contributed by atoms with Crippen molar-refractivity contribution in [1.82, 2.24) is 20.0 Å². The summed E-state index contributed by atoms with van der Waals surface area (Å²) in [6, 6.07) is 7.95. The number of carbonyl (C=O) groups is 1. The number of aromatic nitrogens is 3. The van der Waals surface area contributed by atoms with Gasteiger partial charge in [-0.2, -0.15) is 5.10 Å². The Hall–Kier alpha value is -3.32. The van der Waals surface area contributed by atoms with Crippen LogP contribution in [0.25, 0.3) is 11.3 Å². The van der Waals surface area contributed by atoms with Crippen LogP contribution in [0, 0.1) is 6.92 Å². The third-order valence-corrected chi connectivity index (χ3v) is 5.68. The number of anilines is 1. The quantitative estimate of drug-likeness (QED) is 0.685. The van der Waals surface area contributed by atoms with Crippen molar-refractivity contribution in [2.24, 2.45) is 5.10 Å². The predicted octanol–water partition coefficient (Wildman–Crippen LogP) is 4.16. The largest absolute Gasteiger partial charge is 0.305 e. The molecule has 0 aliphatic carbocycles. The number of halogens is 1. The average molecular weight is 421 g/mol. The molecule has 1 aliphatic heterocycles. The highest BCUT2D eigenvalue weighted by molar-refractivity contribution is 6.33. The van der Waals surface area contributed by atoms with Gasteiger partial charge >= 0.3 is 0 Å². The first-order valence-corrected chi connectivity index (χ1v) is 9.92. The van der Waals surface area contributed by atoms with Crippen LogP contribution in [0.15, 0.2) is 54.2 Å².